The molecule has 0 saturated heterocycles. The van der Waals surface area contributed by atoms with E-state index in [1.54, 1.807) is 6.20 Å². The van der Waals surface area contributed by atoms with Gasteiger partial charge in [-0.2, -0.15) is 0 Å². The number of pyridine rings is 1. The summed E-state index contributed by atoms with van der Waals surface area (Å²) in [5, 5.41) is 12.0. The first-order chi connectivity index (χ1) is 6.36. The quantitative estimate of drug-likeness (QED) is 0.697. The molecule has 0 amide bonds. The summed E-state index contributed by atoms with van der Waals surface area (Å²) < 4.78 is 0. The van der Waals surface area contributed by atoms with Gasteiger partial charge in [-0.15, -0.1) is 0 Å². The van der Waals surface area contributed by atoms with Crippen LogP contribution in [0.1, 0.15) is 12.0 Å². The summed E-state index contributed by atoms with van der Waals surface area (Å²) in [5.74, 6) is 0. The van der Waals surface area contributed by atoms with Crippen molar-refractivity contribution in [1.29, 1.82) is 0 Å². The zero-order valence-corrected chi connectivity index (χ0v) is 7.90. The Bertz CT molecular complexity index is 222. The third-order valence-corrected chi connectivity index (χ3v) is 2.13. The molecule has 0 aliphatic carbocycles. The monoisotopic (exact) mass is 180 g/mol. The lowest BCUT2D eigenvalue weighted by Gasteiger charge is -2.11. The van der Waals surface area contributed by atoms with E-state index in [4.69, 9.17) is 5.11 Å². The lowest BCUT2D eigenvalue weighted by Crippen LogP contribution is -2.29. The number of aromatic nitrogens is 1. The van der Waals surface area contributed by atoms with E-state index >= 15 is 0 Å². The van der Waals surface area contributed by atoms with Gasteiger partial charge in [0.2, 0.25) is 0 Å². The number of likely N-dealkylation sites (N-methyl/N-ethyl adjacent to an activating group) is 1. The molecule has 1 atom stereocenters. The highest BCUT2D eigenvalue weighted by Gasteiger charge is 2.03. The summed E-state index contributed by atoms with van der Waals surface area (Å²) in [4.78, 5) is 4.03. The summed E-state index contributed by atoms with van der Waals surface area (Å²) in [6.45, 7) is 0.191. The summed E-state index contributed by atoms with van der Waals surface area (Å²) >= 11 is 0. The molecular formula is C10H16N2O. The highest BCUT2D eigenvalue weighted by atomic mass is 16.3. The lowest BCUT2D eigenvalue weighted by molar-refractivity contribution is 0.242. The molecule has 0 fully saturated rings. The molecule has 13 heavy (non-hydrogen) atoms. The number of rotatable bonds is 5. The van der Waals surface area contributed by atoms with Crippen LogP contribution in [-0.4, -0.2) is 29.8 Å². The van der Waals surface area contributed by atoms with Gasteiger partial charge in [0.25, 0.3) is 0 Å². The van der Waals surface area contributed by atoms with Crippen LogP contribution in [0.2, 0.25) is 0 Å². The van der Waals surface area contributed by atoms with Crippen molar-refractivity contribution < 1.29 is 5.11 Å². The first kappa shape index (κ1) is 10.2. The van der Waals surface area contributed by atoms with Gasteiger partial charge in [-0.25, -0.2) is 0 Å². The van der Waals surface area contributed by atoms with E-state index in [1.807, 2.05) is 19.3 Å². The summed E-state index contributed by atoms with van der Waals surface area (Å²) in [6.07, 6.45) is 5.54. The Hall–Kier alpha value is -0.930. The van der Waals surface area contributed by atoms with Gasteiger partial charge in [0.15, 0.2) is 0 Å². The van der Waals surface area contributed by atoms with Crippen LogP contribution in [0, 0.1) is 0 Å². The second-order valence-corrected chi connectivity index (χ2v) is 3.07. The van der Waals surface area contributed by atoms with Crippen LogP contribution in [-0.2, 0) is 6.42 Å². The van der Waals surface area contributed by atoms with Crippen molar-refractivity contribution in [3.63, 3.8) is 0 Å². The molecule has 0 aromatic carbocycles. The summed E-state index contributed by atoms with van der Waals surface area (Å²) in [7, 11) is 1.87. The van der Waals surface area contributed by atoms with Gasteiger partial charge in [0, 0.05) is 18.4 Å². The fourth-order valence-corrected chi connectivity index (χ4v) is 1.21. The Morgan fingerprint density at radius 2 is 2.46 bits per heavy atom. The fraction of sp³-hybridized carbons (Fsp3) is 0.500. The predicted octanol–water partition coefficient (Wildman–Crippen LogP) is 0.594. The van der Waals surface area contributed by atoms with Crippen LogP contribution in [0.4, 0.5) is 0 Å². The number of aliphatic hydroxyl groups is 1. The van der Waals surface area contributed by atoms with Gasteiger partial charge in [0.1, 0.15) is 0 Å². The van der Waals surface area contributed by atoms with Gasteiger partial charge >= 0.3 is 0 Å². The SMILES string of the molecule is CNC(CO)CCc1cccnc1. The second-order valence-electron chi connectivity index (χ2n) is 3.07. The maximum absolute atomic E-state index is 8.93. The minimum absolute atomic E-state index is 0.191. The van der Waals surface area contributed by atoms with E-state index in [2.05, 4.69) is 16.4 Å². The summed E-state index contributed by atoms with van der Waals surface area (Å²) in [6, 6.07) is 4.18. The molecule has 0 bridgehead atoms. The van der Waals surface area contributed by atoms with E-state index in [1.165, 1.54) is 5.56 Å². The van der Waals surface area contributed by atoms with Crippen LogP contribution in [0.5, 0.6) is 0 Å². The second kappa shape index (κ2) is 5.67. The largest absolute Gasteiger partial charge is 0.395 e. The van der Waals surface area contributed by atoms with Crippen molar-refractivity contribution in [2.75, 3.05) is 13.7 Å². The van der Waals surface area contributed by atoms with Gasteiger partial charge in [-0.05, 0) is 31.5 Å². The Labute approximate surface area is 78.8 Å². The fourth-order valence-electron chi connectivity index (χ4n) is 1.21. The number of aliphatic hydroxyl groups excluding tert-OH is 1. The number of hydrogen-bond donors (Lipinski definition) is 2. The molecule has 3 heteroatoms. The average Bonchev–Trinajstić information content (AvgIpc) is 2.21. The molecule has 2 N–H and O–H groups in total. The van der Waals surface area contributed by atoms with Gasteiger partial charge in [0.05, 0.1) is 6.61 Å². The molecule has 0 saturated carbocycles. The highest BCUT2D eigenvalue weighted by molar-refractivity contribution is 5.08. The Balaban J connectivity index is 2.34. The molecular weight excluding hydrogens is 164 g/mol. The van der Waals surface area contributed by atoms with Crippen molar-refractivity contribution in [2.24, 2.45) is 0 Å². The molecule has 1 aromatic rings. The molecule has 0 aliphatic rings. The number of nitrogens with one attached hydrogen (secondary N) is 1. The summed E-state index contributed by atoms with van der Waals surface area (Å²) in [5.41, 5.74) is 1.22. The Morgan fingerprint density at radius 1 is 1.62 bits per heavy atom. The van der Waals surface area contributed by atoms with Gasteiger partial charge in [-0.3, -0.25) is 4.98 Å². The lowest BCUT2D eigenvalue weighted by atomic mass is 10.1. The molecule has 1 rings (SSSR count). The zero-order valence-electron chi connectivity index (χ0n) is 7.90. The maximum Gasteiger partial charge on any atom is 0.0584 e. The van der Waals surface area contributed by atoms with Crippen LogP contribution < -0.4 is 5.32 Å². The third-order valence-electron chi connectivity index (χ3n) is 2.13. The van der Waals surface area contributed by atoms with Crippen molar-refractivity contribution in [3.8, 4) is 0 Å². The van der Waals surface area contributed by atoms with Crippen LogP contribution in [0.25, 0.3) is 0 Å². The standard InChI is InChI=1S/C10H16N2O/c1-11-10(8-13)5-4-9-3-2-6-12-7-9/h2-3,6-7,10-11,13H,4-5,8H2,1H3. The smallest absolute Gasteiger partial charge is 0.0584 e. The van der Waals surface area contributed by atoms with Crippen LogP contribution in [0.3, 0.4) is 0 Å². The molecule has 0 radical (unpaired) electrons. The van der Waals surface area contributed by atoms with Crippen LogP contribution in [0.15, 0.2) is 24.5 Å². The first-order valence-corrected chi connectivity index (χ1v) is 4.54. The van der Waals surface area contributed by atoms with Crippen LogP contribution >= 0.6 is 0 Å². The third kappa shape index (κ3) is 3.53. The molecule has 1 unspecified atom stereocenters. The zero-order chi connectivity index (χ0) is 9.52. The molecule has 1 aromatic heterocycles. The number of hydrogen-bond acceptors (Lipinski definition) is 3. The normalized spacial score (nSPS) is 12.8. The molecule has 1 heterocycles. The van der Waals surface area contributed by atoms with E-state index in [0.29, 0.717) is 0 Å². The molecule has 72 valence electrons. The Kier molecular flexibility index (Phi) is 4.43. The van der Waals surface area contributed by atoms with Crippen molar-refractivity contribution in [2.45, 2.75) is 18.9 Å². The Morgan fingerprint density at radius 3 is 3.00 bits per heavy atom. The minimum atomic E-state index is 0.191. The average molecular weight is 180 g/mol. The van der Waals surface area contributed by atoms with Gasteiger partial charge in [-0.1, -0.05) is 6.07 Å². The highest BCUT2D eigenvalue weighted by Crippen LogP contribution is 2.02. The molecule has 0 aliphatic heterocycles. The number of nitrogens with zero attached hydrogens (tertiary/aromatic N) is 1. The van der Waals surface area contributed by atoms with Crippen molar-refractivity contribution >= 4 is 0 Å². The molecule has 3 nitrogen and oxygen atoms in total. The first-order valence-electron chi connectivity index (χ1n) is 4.54. The van der Waals surface area contributed by atoms with E-state index in [-0.39, 0.29) is 12.6 Å². The van der Waals surface area contributed by atoms with Crippen molar-refractivity contribution in [3.05, 3.63) is 30.1 Å². The predicted molar refractivity (Wildman–Crippen MR) is 52.5 cm³/mol. The minimum Gasteiger partial charge on any atom is -0.395 e. The topological polar surface area (TPSA) is 45.1 Å². The van der Waals surface area contributed by atoms with Crippen molar-refractivity contribution in [1.82, 2.24) is 10.3 Å². The maximum atomic E-state index is 8.93. The molecule has 0 spiro atoms. The van der Waals surface area contributed by atoms with E-state index < -0.39 is 0 Å². The van der Waals surface area contributed by atoms with E-state index in [9.17, 15) is 0 Å². The van der Waals surface area contributed by atoms with Gasteiger partial charge < -0.3 is 10.4 Å². The van der Waals surface area contributed by atoms with E-state index in [0.717, 1.165) is 12.8 Å². The number of aryl methyl sites for hydroxylation is 1.